The van der Waals surface area contributed by atoms with Gasteiger partial charge < -0.3 is 25.4 Å². The van der Waals surface area contributed by atoms with Crippen LogP contribution in [-0.4, -0.2) is 46.6 Å². The molecule has 1 aliphatic carbocycles. The average Bonchev–Trinajstić information content (AvgIpc) is 3.15. The number of carboxylic acids is 1. The predicted octanol–water partition coefficient (Wildman–Crippen LogP) is 3.60. The number of halogens is 2. The van der Waals surface area contributed by atoms with Crippen LogP contribution in [0.1, 0.15) is 39.1 Å². The van der Waals surface area contributed by atoms with E-state index in [0.29, 0.717) is 12.1 Å². The molecule has 2 unspecified atom stereocenters. The molecule has 34 heavy (non-hydrogen) atoms. The van der Waals surface area contributed by atoms with Crippen LogP contribution < -0.4 is 5.32 Å². The highest BCUT2D eigenvalue weighted by Gasteiger charge is 2.30. The van der Waals surface area contributed by atoms with E-state index in [-0.39, 0.29) is 12.5 Å². The van der Waals surface area contributed by atoms with Crippen molar-refractivity contribution in [2.24, 2.45) is 0 Å². The van der Waals surface area contributed by atoms with Gasteiger partial charge in [0.1, 0.15) is 18.8 Å². The minimum atomic E-state index is -1.89. The van der Waals surface area contributed by atoms with Crippen molar-refractivity contribution in [1.82, 2.24) is 5.32 Å². The number of nitrogens with one attached hydrogen (secondary N) is 1. The van der Waals surface area contributed by atoms with Crippen LogP contribution in [0.25, 0.3) is 11.1 Å². The maximum atomic E-state index is 13.6. The van der Waals surface area contributed by atoms with Gasteiger partial charge in [-0.2, -0.15) is 0 Å². The molecule has 176 valence electrons. The summed E-state index contributed by atoms with van der Waals surface area (Å²) < 4.78 is 32.3. The average molecular weight is 469 g/mol. The van der Waals surface area contributed by atoms with Crippen LogP contribution in [0.4, 0.5) is 13.6 Å². The molecule has 9 heteroatoms. The summed E-state index contributed by atoms with van der Waals surface area (Å²) in [5, 5.41) is 31.9. The van der Waals surface area contributed by atoms with Gasteiger partial charge in [0.05, 0.1) is 5.56 Å². The van der Waals surface area contributed by atoms with E-state index in [0.717, 1.165) is 22.3 Å². The molecule has 0 saturated heterocycles. The number of ether oxygens (including phenoxy) is 1. The van der Waals surface area contributed by atoms with Gasteiger partial charge in [-0.25, -0.2) is 18.4 Å². The monoisotopic (exact) mass is 469 g/mol. The van der Waals surface area contributed by atoms with Crippen molar-refractivity contribution in [3.05, 3.63) is 94.6 Å². The van der Waals surface area contributed by atoms with Crippen LogP contribution in [0.15, 0.2) is 60.7 Å². The number of benzene rings is 3. The molecular weight excluding hydrogens is 448 g/mol. The fourth-order valence-corrected chi connectivity index (χ4v) is 4.15. The summed E-state index contributed by atoms with van der Waals surface area (Å²) in [6.07, 6.45) is -4.46. The Kier molecular flexibility index (Phi) is 6.58. The zero-order valence-corrected chi connectivity index (χ0v) is 17.7. The summed E-state index contributed by atoms with van der Waals surface area (Å²) >= 11 is 0. The van der Waals surface area contributed by atoms with E-state index in [2.05, 4.69) is 5.32 Å². The largest absolute Gasteiger partial charge is 0.478 e. The molecule has 0 saturated carbocycles. The quantitative estimate of drug-likeness (QED) is 0.420. The third-order valence-electron chi connectivity index (χ3n) is 5.81. The van der Waals surface area contributed by atoms with Crippen LogP contribution in [0, 0.1) is 11.6 Å². The Balaban J connectivity index is 1.38. The zero-order chi connectivity index (χ0) is 24.4. The predicted molar refractivity (Wildman–Crippen MR) is 117 cm³/mol. The second-order valence-electron chi connectivity index (χ2n) is 7.88. The lowest BCUT2D eigenvalue weighted by Crippen LogP contribution is -2.36. The van der Waals surface area contributed by atoms with E-state index in [9.17, 15) is 33.7 Å². The molecule has 2 atom stereocenters. The lowest BCUT2D eigenvalue weighted by atomic mass is 9.98. The van der Waals surface area contributed by atoms with Crippen molar-refractivity contribution in [1.29, 1.82) is 0 Å². The van der Waals surface area contributed by atoms with E-state index in [1.165, 1.54) is 0 Å². The second-order valence-corrected chi connectivity index (χ2v) is 7.88. The van der Waals surface area contributed by atoms with Gasteiger partial charge in [0.2, 0.25) is 0 Å². The highest BCUT2D eigenvalue weighted by atomic mass is 19.2. The molecule has 1 aliphatic rings. The Labute approximate surface area is 193 Å². The number of carbonyl (C=O) groups is 2. The minimum absolute atomic E-state index is 0.0326. The van der Waals surface area contributed by atoms with Gasteiger partial charge in [0.15, 0.2) is 11.6 Å². The Hall–Kier alpha value is -3.82. The molecule has 0 heterocycles. The van der Waals surface area contributed by atoms with Crippen LogP contribution in [-0.2, 0) is 4.74 Å². The molecule has 3 aromatic carbocycles. The molecular formula is C25H21F2NO6. The lowest BCUT2D eigenvalue weighted by molar-refractivity contribution is 0.0173. The van der Waals surface area contributed by atoms with Gasteiger partial charge in [-0.3, -0.25) is 0 Å². The molecule has 0 radical (unpaired) electrons. The van der Waals surface area contributed by atoms with Crippen molar-refractivity contribution >= 4 is 12.1 Å². The SMILES string of the molecule is O=C(NCC(O)C(O)c1cc(F)c(F)cc1C(=O)O)OCC1c2ccccc2-c2ccccc21. The number of rotatable bonds is 7. The number of carboxylic acid groups (broad SMARTS) is 1. The Morgan fingerprint density at radius 1 is 0.941 bits per heavy atom. The van der Waals surface area contributed by atoms with E-state index >= 15 is 0 Å². The molecule has 3 aromatic rings. The van der Waals surface area contributed by atoms with Crippen molar-refractivity contribution in [2.45, 2.75) is 18.1 Å². The Morgan fingerprint density at radius 3 is 2.09 bits per heavy atom. The highest BCUT2D eigenvalue weighted by Crippen LogP contribution is 2.44. The summed E-state index contributed by atoms with van der Waals surface area (Å²) in [5.74, 6) is -4.56. The number of aromatic carboxylic acids is 1. The molecule has 1 amide bonds. The maximum absolute atomic E-state index is 13.6. The van der Waals surface area contributed by atoms with Crippen LogP contribution in [0.2, 0.25) is 0 Å². The second kappa shape index (κ2) is 9.58. The first-order valence-corrected chi connectivity index (χ1v) is 10.4. The topological polar surface area (TPSA) is 116 Å². The number of fused-ring (bicyclic) bond motifs is 3. The fraction of sp³-hybridized carbons (Fsp3) is 0.200. The number of carbonyl (C=O) groups excluding carboxylic acids is 1. The highest BCUT2D eigenvalue weighted by molar-refractivity contribution is 5.89. The molecule has 0 spiro atoms. The summed E-state index contributed by atoms with van der Waals surface area (Å²) in [4.78, 5) is 23.5. The molecule has 0 fully saturated rings. The Morgan fingerprint density at radius 2 is 1.50 bits per heavy atom. The van der Waals surface area contributed by atoms with Crippen molar-refractivity contribution in [2.75, 3.05) is 13.2 Å². The van der Waals surface area contributed by atoms with Gasteiger partial charge in [-0.05, 0) is 34.4 Å². The smallest absolute Gasteiger partial charge is 0.407 e. The van der Waals surface area contributed by atoms with E-state index in [1.807, 2.05) is 48.5 Å². The normalized spacial score (nSPS) is 14.1. The van der Waals surface area contributed by atoms with Gasteiger partial charge in [-0.15, -0.1) is 0 Å². The zero-order valence-electron chi connectivity index (χ0n) is 17.7. The number of hydrogen-bond donors (Lipinski definition) is 4. The minimum Gasteiger partial charge on any atom is -0.478 e. The first kappa shape index (κ1) is 23.3. The van der Waals surface area contributed by atoms with Crippen molar-refractivity contribution < 1.29 is 38.4 Å². The number of hydrogen-bond acceptors (Lipinski definition) is 5. The maximum Gasteiger partial charge on any atom is 0.407 e. The summed E-state index contributed by atoms with van der Waals surface area (Å²) in [7, 11) is 0. The molecule has 4 N–H and O–H groups in total. The number of aliphatic hydroxyl groups excluding tert-OH is 2. The van der Waals surface area contributed by atoms with Crippen molar-refractivity contribution in [3.8, 4) is 11.1 Å². The third-order valence-corrected chi connectivity index (χ3v) is 5.81. The van der Waals surface area contributed by atoms with Gasteiger partial charge in [0, 0.05) is 18.0 Å². The lowest BCUT2D eigenvalue weighted by Gasteiger charge is -2.21. The van der Waals surface area contributed by atoms with E-state index in [4.69, 9.17) is 4.74 Å². The van der Waals surface area contributed by atoms with Crippen LogP contribution in [0.3, 0.4) is 0 Å². The molecule has 0 bridgehead atoms. The van der Waals surface area contributed by atoms with Crippen LogP contribution in [0.5, 0.6) is 0 Å². The Bertz CT molecular complexity index is 1200. The van der Waals surface area contributed by atoms with Crippen molar-refractivity contribution in [3.63, 3.8) is 0 Å². The summed E-state index contributed by atoms with van der Waals surface area (Å²) in [6, 6.07) is 16.5. The number of amides is 1. The van der Waals surface area contributed by atoms with E-state index < -0.39 is 53.6 Å². The molecule has 4 rings (SSSR count). The molecule has 0 aliphatic heterocycles. The first-order valence-electron chi connectivity index (χ1n) is 10.4. The first-order chi connectivity index (χ1) is 16.3. The third kappa shape index (κ3) is 4.48. The van der Waals surface area contributed by atoms with E-state index in [1.54, 1.807) is 0 Å². The van der Waals surface area contributed by atoms with Crippen LogP contribution >= 0.6 is 0 Å². The number of aliphatic hydroxyl groups is 2. The summed E-state index contributed by atoms with van der Waals surface area (Å²) in [6.45, 7) is -0.485. The van der Waals surface area contributed by atoms with Gasteiger partial charge in [-0.1, -0.05) is 48.5 Å². The van der Waals surface area contributed by atoms with Gasteiger partial charge >= 0.3 is 12.1 Å². The standard InChI is InChI=1S/C25H21F2NO6/c26-20-9-17(18(24(31)32)10-21(20)27)23(30)22(29)11-28-25(33)34-12-19-15-7-3-1-5-13(15)14-6-2-4-8-16(14)19/h1-10,19,22-23,29-30H,11-12H2,(H,28,33)(H,31,32). The molecule has 7 nitrogen and oxygen atoms in total. The fourth-order valence-electron chi connectivity index (χ4n) is 4.15. The number of alkyl carbamates (subject to hydrolysis) is 1. The summed E-state index contributed by atoms with van der Waals surface area (Å²) in [5.41, 5.74) is 2.94. The van der Waals surface area contributed by atoms with Gasteiger partial charge in [0.25, 0.3) is 0 Å². The molecule has 0 aromatic heterocycles.